The van der Waals surface area contributed by atoms with E-state index < -0.39 is 11.2 Å². The van der Waals surface area contributed by atoms with Crippen molar-refractivity contribution in [1.29, 1.82) is 0 Å². The average molecular weight is 291 g/mol. The summed E-state index contributed by atoms with van der Waals surface area (Å²) in [6, 6.07) is 9.41. The van der Waals surface area contributed by atoms with Gasteiger partial charge >= 0.3 is 5.97 Å². The molecule has 1 aliphatic heterocycles. The number of carbonyl (C=O) groups is 2. The number of amidine groups is 1. The molecule has 1 amide bonds. The minimum absolute atomic E-state index is 0.227. The molecule has 0 spiro atoms. The molecule has 1 unspecified atom stereocenters. The summed E-state index contributed by atoms with van der Waals surface area (Å²) < 4.78 is 0. The van der Waals surface area contributed by atoms with Crippen LogP contribution in [0.2, 0.25) is 0 Å². The van der Waals surface area contributed by atoms with Crippen molar-refractivity contribution in [2.75, 3.05) is 0 Å². The normalized spacial score (nSPS) is 19.7. The summed E-state index contributed by atoms with van der Waals surface area (Å²) >= 11 is 1.09. The van der Waals surface area contributed by atoms with Crippen LogP contribution >= 0.6 is 11.8 Å². The fourth-order valence-corrected chi connectivity index (χ4v) is 2.49. The number of amides is 1. The van der Waals surface area contributed by atoms with Crippen molar-refractivity contribution in [3.63, 3.8) is 0 Å². The summed E-state index contributed by atoms with van der Waals surface area (Å²) in [6.07, 6.45) is -0.227. The first-order valence-corrected chi connectivity index (χ1v) is 6.71. The highest BCUT2D eigenvalue weighted by Crippen LogP contribution is 2.22. The van der Waals surface area contributed by atoms with Gasteiger partial charge in [0.05, 0.1) is 12.1 Å². The fourth-order valence-electron chi connectivity index (χ4n) is 1.57. The number of hydrogen-bond donors (Lipinski definition) is 3. The number of hydrazone groups is 1. The molecule has 0 saturated carbocycles. The summed E-state index contributed by atoms with van der Waals surface area (Å²) in [5, 5.41) is 14.9. The number of carboxylic acid groups (broad SMARTS) is 1. The highest BCUT2D eigenvalue weighted by atomic mass is 32.2. The van der Waals surface area contributed by atoms with Crippen LogP contribution in [-0.2, 0) is 9.59 Å². The number of rotatable bonds is 5. The third-order valence-electron chi connectivity index (χ3n) is 2.55. The Kier molecular flexibility index (Phi) is 4.41. The summed E-state index contributed by atoms with van der Waals surface area (Å²) in [7, 11) is 0. The maximum Gasteiger partial charge on any atom is 0.305 e. The van der Waals surface area contributed by atoms with Gasteiger partial charge in [-0.3, -0.25) is 15.0 Å². The Labute approximate surface area is 119 Å². The highest BCUT2D eigenvalue weighted by molar-refractivity contribution is 8.15. The minimum Gasteiger partial charge on any atom is -0.481 e. The van der Waals surface area contributed by atoms with Gasteiger partial charge in [0.15, 0.2) is 5.17 Å². The van der Waals surface area contributed by atoms with E-state index in [1.165, 1.54) is 0 Å². The Morgan fingerprint density at radius 3 is 2.80 bits per heavy atom. The third kappa shape index (κ3) is 3.61. The van der Waals surface area contributed by atoms with Crippen molar-refractivity contribution < 1.29 is 14.7 Å². The predicted octanol–water partition coefficient (Wildman–Crippen LogP) is 1.22. The Morgan fingerprint density at radius 2 is 2.15 bits per heavy atom. The van der Waals surface area contributed by atoms with Gasteiger partial charge in [-0.2, -0.15) is 0 Å². The van der Waals surface area contributed by atoms with Crippen LogP contribution in [0.1, 0.15) is 12.0 Å². The van der Waals surface area contributed by atoms with E-state index in [0.717, 1.165) is 17.3 Å². The van der Waals surface area contributed by atoms with Crippen molar-refractivity contribution in [3.8, 4) is 0 Å². The van der Waals surface area contributed by atoms with Crippen LogP contribution in [0.25, 0.3) is 5.70 Å². The largest absolute Gasteiger partial charge is 0.481 e. The van der Waals surface area contributed by atoms with Gasteiger partial charge in [0.2, 0.25) is 5.91 Å². The van der Waals surface area contributed by atoms with Crippen LogP contribution in [-0.4, -0.2) is 27.4 Å². The number of nitrogens with zero attached hydrogens (tertiary/aromatic N) is 1. The molecule has 1 aromatic rings. The molecule has 1 aromatic carbocycles. The van der Waals surface area contributed by atoms with Gasteiger partial charge in [-0.25, -0.2) is 0 Å². The predicted molar refractivity (Wildman–Crippen MR) is 77.8 cm³/mol. The molecule has 7 heteroatoms. The quantitative estimate of drug-likeness (QED) is 0.710. The Bertz CT molecular complexity index is 571. The molecule has 104 valence electrons. The summed E-state index contributed by atoms with van der Waals surface area (Å²) in [6.45, 7) is 3.84. The molecule has 0 aliphatic carbocycles. The Balaban J connectivity index is 1.95. The van der Waals surface area contributed by atoms with E-state index in [0.29, 0.717) is 10.9 Å². The lowest BCUT2D eigenvalue weighted by Gasteiger charge is -2.05. The Morgan fingerprint density at radius 1 is 1.45 bits per heavy atom. The van der Waals surface area contributed by atoms with Crippen LogP contribution in [0.4, 0.5) is 0 Å². The van der Waals surface area contributed by atoms with E-state index in [4.69, 9.17) is 5.11 Å². The first-order valence-electron chi connectivity index (χ1n) is 5.83. The minimum atomic E-state index is -1.01. The standard InChI is InChI=1S/C13H13N3O3S/c1-8(9-5-3-2-4-6-9)15-16-13-14-12(19)10(20-13)7-11(17)18/h2-6,10,15H,1,7H2,(H,17,18)(H,14,16,19). The smallest absolute Gasteiger partial charge is 0.305 e. The molecule has 2 rings (SSSR count). The summed E-state index contributed by atoms with van der Waals surface area (Å²) in [5.41, 5.74) is 4.22. The maximum absolute atomic E-state index is 11.5. The van der Waals surface area contributed by atoms with Gasteiger partial charge in [-0.15, -0.1) is 5.10 Å². The van der Waals surface area contributed by atoms with Crippen LogP contribution in [0.3, 0.4) is 0 Å². The SMILES string of the molecule is C=C(N/N=C1/NC(=O)C(CC(=O)O)S1)c1ccccc1. The van der Waals surface area contributed by atoms with Gasteiger partial charge < -0.3 is 10.4 Å². The van der Waals surface area contributed by atoms with Crippen molar-refractivity contribution in [3.05, 3.63) is 42.5 Å². The van der Waals surface area contributed by atoms with Crippen molar-refractivity contribution in [2.24, 2.45) is 5.10 Å². The molecule has 3 N–H and O–H groups in total. The lowest BCUT2D eigenvalue weighted by atomic mass is 10.2. The molecule has 1 saturated heterocycles. The topological polar surface area (TPSA) is 90.8 Å². The maximum atomic E-state index is 11.5. The monoisotopic (exact) mass is 291 g/mol. The number of aliphatic carboxylic acids is 1. The van der Waals surface area contributed by atoms with E-state index in [1.807, 2.05) is 30.3 Å². The molecule has 20 heavy (non-hydrogen) atoms. The molecule has 6 nitrogen and oxygen atoms in total. The first-order chi connectivity index (χ1) is 9.56. The second-order valence-corrected chi connectivity index (χ2v) is 5.26. The van der Waals surface area contributed by atoms with Crippen LogP contribution in [0, 0.1) is 0 Å². The second-order valence-electron chi connectivity index (χ2n) is 4.07. The van der Waals surface area contributed by atoms with E-state index >= 15 is 0 Å². The number of carbonyl (C=O) groups excluding carboxylic acids is 1. The van der Waals surface area contributed by atoms with E-state index in [1.54, 1.807) is 0 Å². The second kappa shape index (κ2) is 6.25. The molecule has 1 heterocycles. The van der Waals surface area contributed by atoms with E-state index in [2.05, 4.69) is 22.4 Å². The first kappa shape index (κ1) is 14.1. The summed E-state index contributed by atoms with van der Waals surface area (Å²) in [4.78, 5) is 22.1. The Hall–Kier alpha value is -2.28. The zero-order valence-electron chi connectivity index (χ0n) is 10.5. The molecule has 0 radical (unpaired) electrons. The van der Waals surface area contributed by atoms with Gasteiger partial charge in [-0.05, 0) is 5.56 Å². The molecule has 0 aromatic heterocycles. The van der Waals surface area contributed by atoms with Crippen molar-refractivity contribution in [1.82, 2.24) is 10.7 Å². The molecule has 0 bridgehead atoms. The lowest BCUT2D eigenvalue weighted by molar-refractivity contribution is -0.138. The number of hydrogen-bond acceptors (Lipinski definition) is 5. The van der Waals surface area contributed by atoms with Crippen molar-refractivity contribution in [2.45, 2.75) is 11.7 Å². The molecular formula is C13H13N3O3S. The zero-order chi connectivity index (χ0) is 14.5. The van der Waals surface area contributed by atoms with Gasteiger partial charge in [0.25, 0.3) is 0 Å². The molecule has 1 aliphatic rings. The average Bonchev–Trinajstić information content (AvgIpc) is 2.77. The van der Waals surface area contributed by atoms with Gasteiger partial charge in [0.1, 0.15) is 5.25 Å². The van der Waals surface area contributed by atoms with Crippen LogP contribution < -0.4 is 10.7 Å². The highest BCUT2D eigenvalue weighted by Gasteiger charge is 2.32. The number of benzene rings is 1. The lowest BCUT2D eigenvalue weighted by Crippen LogP contribution is -2.27. The molecule has 1 fully saturated rings. The van der Waals surface area contributed by atoms with Crippen LogP contribution in [0.5, 0.6) is 0 Å². The molecule has 1 atom stereocenters. The van der Waals surface area contributed by atoms with E-state index in [-0.39, 0.29) is 12.3 Å². The molecular weight excluding hydrogens is 278 g/mol. The van der Waals surface area contributed by atoms with Gasteiger partial charge in [0, 0.05) is 0 Å². The van der Waals surface area contributed by atoms with Gasteiger partial charge in [-0.1, -0.05) is 48.7 Å². The van der Waals surface area contributed by atoms with Crippen molar-refractivity contribution >= 4 is 34.5 Å². The van der Waals surface area contributed by atoms with E-state index in [9.17, 15) is 9.59 Å². The van der Waals surface area contributed by atoms with Crippen LogP contribution in [0.15, 0.2) is 42.0 Å². The number of nitrogens with one attached hydrogen (secondary N) is 2. The third-order valence-corrected chi connectivity index (χ3v) is 3.63. The summed E-state index contributed by atoms with van der Waals surface area (Å²) in [5.74, 6) is -1.36. The number of carboxylic acids is 1. The fraction of sp³-hybridized carbons (Fsp3) is 0.154. The zero-order valence-corrected chi connectivity index (χ0v) is 11.3. The number of thioether (sulfide) groups is 1.